The van der Waals surface area contributed by atoms with Crippen molar-refractivity contribution in [3.05, 3.63) is 77.1 Å². The Kier molecular flexibility index (Phi) is 6.76. The van der Waals surface area contributed by atoms with Crippen LogP contribution in [0.5, 0.6) is 5.75 Å². The van der Waals surface area contributed by atoms with Gasteiger partial charge in [-0.05, 0) is 29.7 Å². The van der Waals surface area contributed by atoms with Gasteiger partial charge in [0, 0.05) is 32.6 Å². The Morgan fingerprint density at radius 2 is 1.71 bits per heavy atom. The van der Waals surface area contributed by atoms with Crippen LogP contribution in [0.3, 0.4) is 0 Å². The van der Waals surface area contributed by atoms with Gasteiger partial charge in [0.25, 0.3) is 5.91 Å². The topological polar surface area (TPSA) is 89.8 Å². The molecule has 5 rings (SSSR count). The van der Waals surface area contributed by atoms with Crippen LogP contribution in [0.25, 0.3) is 0 Å². The summed E-state index contributed by atoms with van der Waals surface area (Å²) in [6.07, 6.45) is 1.01. The first-order valence-corrected chi connectivity index (χ1v) is 11.9. The molecule has 2 aliphatic heterocycles. The molecule has 2 amide bonds. The molecule has 3 heterocycles. The Labute approximate surface area is 204 Å². The minimum atomic E-state index is -0.154. The normalized spacial score (nSPS) is 17.7. The van der Waals surface area contributed by atoms with E-state index in [0.29, 0.717) is 57.0 Å². The third kappa shape index (κ3) is 5.05. The summed E-state index contributed by atoms with van der Waals surface area (Å²) in [4.78, 5) is 29.4. The number of fused-ring (bicyclic) bond motifs is 1. The van der Waals surface area contributed by atoms with Crippen LogP contribution >= 0.6 is 0 Å². The van der Waals surface area contributed by atoms with Gasteiger partial charge in [-0.15, -0.1) is 5.10 Å². The fraction of sp³-hybridized carbons (Fsp3) is 0.385. The van der Waals surface area contributed by atoms with Gasteiger partial charge in [0.15, 0.2) is 5.69 Å². The minimum absolute atomic E-state index is 0.106. The highest BCUT2D eigenvalue weighted by atomic mass is 16.5. The predicted molar refractivity (Wildman–Crippen MR) is 128 cm³/mol. The summed E-state index contributed by atoms with van der Waals surface area (Å²) < 4.78 is 13.0. The minimum Gasteiger partial charge on any atom is -0.497 e. The van der Waals surface area contributed by atoms with Crippen molar-refractivity contribution in [3.8, 4) is 5.75 Å². The first-order chi connectivity index (χ1) is 17.1. The second-order valence-corrected chi connectivity index (χ2v) is 8.80. The van der Waals surface area contributed by atoms with E-state index in [4.69, 9.17) is 9.47 Å². The molecule has 0 bridgehead atoms. The summed E-state index contributed by atoms with van der Waals surface area (Å²) in [5.41, 5.74) is 3.23. The van der Waals surface area contributed by atoms with Crippen molar-refractivity contribution >= 4 is 11.8 Å². The van der Waals surface area contributed by atoms with Crippen LogP contribution in [0.4, 0.5) is 0 Å². The van der Waals surface area contributed by atoms with E-state index in [9.17, 15) is 9.59 Å². The SMILES string of the molecule is COc1ccc(CCC(=O)N2CCN(C(=O)c3nnn4c3CO[C@@H](c3ccccc3)C4)CC2)cc1. The van der Waals surface area contributed by atoms with E-state index in [-0.39, 0.29) is 24.5 Å². The van der Waals surface area contributed by atoms with Crippen molar-refractivity contribution in [1.29, 1.82) is 0 Å². The number of ether oxygens (including phenoxy) is 2. The van der Waals surface area contributed by atoms with E-state index in [1.165, 1.54) is 0 Å². The van der Waals surface area contributed by atoms with Crippen LogP contribution in [0, 0.1) is 0 Å². The molecule has 9 nitrogen and oxygen atoms in total. The van der Waals surface area contributed by atoms with E-state index in [1.54, 1.807) is 16.7 Å². The fourth-order valence-electron chi connectivity index (χ4n) is 4.56. The fourth-order valence-corrected chi connectivity index (χ4v) is 4.56. The maximum Gasteiger partial charge on any atom is 0.276 e. The number of benzene rings is 2. The third-order valence-corrected chi connectivity index (χ3v) is 6.68. The van der Waals surface area contributed by atoms with Crippen molar-refractivity contribution in [2.75, 3.05) is 33.3 Å². The number of methoxy groups -OCH3 is 1. The third-order valence-electron chi connectivity index (χ3n) is 6.68. The average molecular weight is 476 g/mol. The van der Waals surface area contributed by atoms with Crippen molar-refractivity contribution < 1.29 is 19.1 Å². The zero-order valence-corrected chi connectivity index (χ0v) is 19.8. The lowest BCUT2D eigenvalue weighted by Crippen LogP contribution is -2.50. The molecule has 1 aromatic heterocycles. The Morgan fingerprint density at radius 1 is 1.00 bits per heavy atom. The van der Waals surface area contributed by atoms with Gasteiger partial charge in [0.05, 0.1) is 26.0 Å². The monoisotopic (exact) mass is 475 g/mol. The Bertz CT molecular complexity index is 1170. The van der Waals surface area contributed by atoms with E-state index in [0.717, 1.165) is 16.9 Å². The van der Waals surface area contributed by atoms with Crippen LogP contribution in [0.15, 0.2) is 54.6 Å². The molecule has 0 N–H and O–H groups in total. The van der Waals surface area contributed by atoms with Crippen LogP contribution in [-0.2, 0) is 29.1 Å². The van der Waals surface area contributed by atoms with E-state index < -0.39 is 0 Å². The number of rotatable bonds is 6. The molecule has 0 unspecified atom stereocenters. The lowest BCUT2D eigenvalue weighted by Gasteiger charge is -2.34. The van der Waals surface area contributed by atoms with Gasteiger partial charge in [0.1, 0.15) is 11.9 Å². The molecule has 3 aromatic rings. The van der Waals surface area contributed by atoms with Gasteiger partial charge in [-0.3, -0.25) is 9.59 Å². The number of hydrogen-bond acceptors (Lipinski definition) is 6. The van der Waals surface area contributed by atoms with Crippen molar-refractivity contribution in [2.24, 2.45) is 0 Å². The summed E-state index contributed by atoms with van der Waals surface area (Å²) in [6, 6.07) is 17.7. The number of nitrogens with zero attached hydrogens (tertiary/aromatic N) is 5. The highest BCUT2D eigenvalue weighted by Gasteiger charge is 2.31. The average Bonchev–Trinajstić information content (AvgIpc) is 3.35. The quantitative estimate of drug-likeness (QED) is 0.544. The summed E-state index contributed by atoms with van der Waals surface area (Å²) in [7, 11) is 1.63. The predicted octanol–water partition coefficient (Wildman–Crippen LogP) is 2.48. The summed E-state index contributed by atoms with van der Waals surface area (Å²) in [5.74, 6) is 0.755. The maximum absolute atomic E-state index is 13.2. The maximum atomic E-state index is 13.2. The molecule has 0 spiro atoms. The first kappa shape index (κ1) is 23.0. The first-order valence-electron chi connectivity index (χ1n) is 11.9. The van der Waals surface area contributed by atoms with Gasteiger partial charge in [-0.1, -0.05) is 47.7 Å². The standard InChI is InChI=1S/C26H29N5O4/c1-34-21-10-7-19(8-11-21)9-12-24(32)29-13-15-30(16-14-29)26(33)25-22-18-35-23(17-31(22)28-27-25)20-5-3-2-4-6-20/h2-8,10-11,23H,9,12-18H2,1H3/t23-/m1/s1. The zero-order chi connectivity index (χ0) is 24.2. The molecule has 0 aliphatic carbocycles. The molecule has 9 heteroatoms. The Balaban J connectivity index is 1.13. The van der Waals surface area contributed by atoms with Gasteiger partial charge < -0.3 is 19.3 Å². The van der Waals surface area contributed by atoms with Crippen molar-refractivity contribution in [2.45, 2.75) is 32.1 Å². The Hall–Kier alpha value is -3.72. The number of carbonyl (C=O) groups is 2. The highest BCUT2D eigenvalue weighted by molar-refractivity contribution is 5.93. The molecular formula is C26H29N5O4. The number of piperazine rings is 1. The Morgan fingerprint density at radius 3 is 2.43 bits per heavy atom. The molecule has 1 atom stereocenters. The van der Waals surface area contributed by atoms with Crippen LogP contribution in [0.2, 0.25) is 0 Å². The molecular weight excluding hydrogens is 446 g/mol. The molecule has 1 saturated heterocycles. The second-order valence-electron chi connectivity index (χ2n) is 8.80. The number of hydrogen-bond donors (Lipinski definition) is 0. The zero-order valence-electron chi connectivity index (χ0n) is 19.8. The van der Waals surface area contributed by atoms with Gasteiger partial charge in [-0.2, -0.15) is 0 Å². The molecule has 1 fully saturated rings. The summed E-state index contributed by atoms with van der Waals surface area (Å²) in [5, 5.41) is 8.41. The van der Waals surface area contributed by atoms with Crippen molar-refractivity contribution in [1.82, 2.24) is 24.8 Å². The van der Waals surface area contributed by atoms with Crippen LogP contribution < -0.4 is 4.74 Å². The van der Waals surface area contributed by atoms with Crippen LogP contribution in [-0.4, -0.2) is 69.9 Å². The van der Waals surface area contributed by atoms with Gasteiger partial charge >= 0.3 is 0 Å². The van der Waals surface area contributed by atoms with E-state index in [2.05, 4.69) is 10.3 Å². The number of amides is 2. The number of carbonyl (C=O) groups excluding carboxylic acids is 2. The second kappa shape index (κ2) is 10.3. The lowest BCUT2D eigenvalue weighted by molar-refractivity contribution is -0.132. The summed E-state index contributed by atoms with van der Waals surface area (Å²) in [6.45, 7) is 2.81. The van der Waals surface area contributed by atoms with Gasteiger partial charge in [0.2, 0.25) is 5.91 Å². The number of aryl methyl sites for hydroxylation is 1. The molecule has 0 radical (unpaired) electrons. The summed E-state index contributed by atoms with van der Waals surface area (Å²) >= 11 is 0. The number of aromatic nitrogens is 3. The highest BCUT2D eigenvalue weighted by Crippen LogP contribution is 2.27. The molecule has 2 aromatic carbocycles. The molecule has 0 saturated carbocycles. The smallest absolute Gasteiger partial charge is 0.276 e. The van der Waals surface area contributed by atoms with Crippen LogP contribution in [0.1, 0.15) is 39.8 Å². The largest absolute Gasteiger partial charge is 0.497 e. The van der Waals surface area contributed by atoms with Crippen molar-refractivity contribution in [3.63, 3.8) is 0 Å². The molecule has 35 heavy (non-hydrogen) atoms. The lowest BCUT2D eigenvalue weighted by atomic mass is 10.1. The van der Waals surface area contributed by atoms with E-state index >= 15 is 0 Å². The molecule has 2 aliphatic rings. The van der Waals surface area contributed by atoms with Gasteiger partial charge in [-0.25, -0.2) is 4.68 Å². The molecule has 182 valence electrons. The van der Waals surface area contributed by atoms with E-state index in [1.807, 2.05) is 59.5 Å².